The number of anilines is 1. The largest absolute Gasteiger partial charge is 0.480 e. The molecule has 2 aromatic rings. The fourth-order valence-electron chi connectivity index (χ4n) is 1.57. The van der Waals surface area contributed by atoms with Gasteiger partial charge in [0.2, 0.25) is 5.88 Å². The molecule has 0 unspecified atom stereocenters. The Morgan fingerprint density at radius 2 is 2.21 bits per heavy atom. The van der Waals surface area contributed by atoms with E-state index in [2.05, 4.69) is 10.3 Å². The molecule has 0 aliphatic heterocycles. The molecule has 2 rings (SSSR count). The van der Waals surface area contributed by atoms with E-state index in [9.17, 15) is 4.79 Å². The molecule has 0 aliphatic carbocycles. The lowest BCUT2D eigenvalue weighted by Crippen LogP contribution is -2.13. The molecule has 1 N–H and O–H groups in total. The first-order valence-corrected chi connectivity index (χ1v) is 5.55. The fourth-order valence-corrected chi connectivity index (χ4v) is 1.57. The minimum atomic E-state index is -0.316. The number of nitrogens with one attached hydrogen (secondary N) is 1. The minimum Gasteiger partial charge on any atom is -0.480 e. The van der Waals surface area contributed by atoms with E-state index in [4.69, 9.17) is 10.00 Å². The van der Waals surface area contributed by atoms with Gasteiger partial charge in [0.05, 0.1) is 18.7 Å². The number of benzene rings is 1. The molecule has 0 atom stereocenters. The molecule has 5 heteroatoms. The Morgan fingerprint density at radius 1 is 1.37 bits per heavy atom. The Kier molecular flexibility index (Phi) is 3.74. The summed E-state index contributed by atoms with van der Waals surface area (Å²) < 4.78 is 5.05. The number of nitriles is 1. The summed E-state index contributed by atoms with van der Waals surface area (Å²) in [6.07, 6.45) is 1.57. The molecular formula is C14H11N3O2. The smallest absolute Gasteiger partial charge is 0.255 e. The van der Waals surface area contributed by atoms with E-state index < -0.39 is 0 Å². The third kappa shape index (κ3) is 2.87. The van der Waals surface area contributed by atoms with E-state index in [1.807, 2.05) is 6.07 Å². The van der Waals surface area contributed by atoms with Gasteiger partial charge in [-0.2, -0.15) is 5.26 Å². The fraction of sp³-hybridized carbons (Fsp3) is 0.0714. The molecule has 0 saturated carbocycles. The summed E-state index contributed by atoms with van der Waals surface area (Å²) in [7, 11) is 1.48. The van der Waals surface area contributed by atoms with Crippen LogP contribution in [0.25, 0.3) is 0 Å². The van der Waals surface area contributed by atoms with Crippen LogP contribution in [0.5, 0.6) is 5.88 Å². The average Bonchev–Trinajstić information content (AvgIpc) is 2.47. The molecule has 94 valence electrons. The normalized spacial score (nSPS) is 9.47. The highest BCUT2D eigenvalue weighted by Crippen LogP contribution is 2.20. The number of carbonyl (C=O) groups excluding carboxylic acids is 1. The maximum Gasteiger partial charge on any atom is 0.255 e. The van der Waals surface area contributed by atoms with Gasteiger partial charge in [-0.15, -0.1) is 0 Å². The van der Waals surface area contributed by atoms with Gasteiger partial charge in [0, 0.05) is 11.8 Å². The van der Waals surface area contributed by atoms with Crippen LogP contribution in [0.1, 0.15) is 15.9 Å². The molecule has 0 spiro atoms. The van der Waals surface area contributed by atoms with Crippen molar-refractivity contribution in [2.75, 3.05) is 12.4 Å². The number of nitrogens with zero attached hydrogens (tertiary/aromatic N) is 2. The third-order valence-corrected chi connectivity index (χ3v) is 2.47. The second-order valence-electron chi connectivity index (χ2n) is 3.71. The van der Waals surface area contributed by atoms with Crippen molar-refractivity contribution in [3.05, 3.63) is 53.7 Å². The first-order chi connectivity index (χ1) is 9.24. The molecule has 19 heavy (non-hydrogen) atoms. The van der Waals surface area contributed by atoms with E-state index in [-0.39, 0.29) is 5.91 Å². The summed E-state index contributed by atoms with van der Waals surface area (Å²) in [5.74, 6) is 0.0238. The molecule has 5 nitrogen and oxygen atoms in total. The molecular weight excluding hydrogens is 242 g/mol. The van der Waals surface area contributed by atoms with Crippen molar-refractivity contribution in [2.24, 2.45) is 0 Å². The molecule has 1 aromatic heterocycles. The van der Waals surface area contributed by atoms with Crippen LogP contribution < -0.4 is 10.1 Å². The summed E-state index contributed by atoms with van der Waals surface area (Å²) in [6, 6.07) is 11.8. The number of aromatic nitrogens is 1. The van der Waals surface area contributed by atoms with Crippen molar-refractivity contribution in [1.82, 2.24) is 4.98 Å². The van der Waals surface area contributed by atoms with Gasteiger partial charge in [0.1, 0.15) is 5.69 Å². The van der Waals surface area contributed by atoms with Crippen LogP contribution >= 0.6 is 0 Å². The first kappa shape index (κ1) is 12.6. The summed E-state index contributed by atoms with van der Waals surface area (Å²) in [4.78, 5) is 16.0. The predicted molar refractivity (Wildman–Crippen MR) is 69.9 cm³/mol. The number of rotatable bonds is 3. The summed E-state index contributed by atoms with van der Waals surface area (Å²) >= 11 is 0. The maximum atomic E-state index is 12.0. The molecule has 0 bridgehead atoms. The summed E-state index contributed by atoms with van der Waals surface area (Å²) in [5.41, 5.74) is 1.33. The predicted octanol–water partition coefficient (Wildman–Crippen LogP) is 2.21. The second-order valence-corrected chi connectivity index (χ2v) is 3.71. The number of hydrogen-bond donors (Lipinski definition) is 1. The van der Waals surface area contributed by atoms with E-state index in [0.717, 1.165) is 0 Å². The van der Waals surface area contributed by atoms with Gasteiger partial charge >= 0.3 is 0 Å². The van der Waals surface area contributed by atoms with Crippen molar-refractivity contribution >= 4 is 11.6 Å². The number of pyridine rings is 1. The number of carbonyl (C=O) groups is 1. The Bertz CT molecular complexity index is 647. The SMILES string of the molecule is COc1ncccc1NC(=O)c1cccc(C#N)c1. The number of ether oxygens (including phenoxy) is 1. The Morgan fingerprint density at radius 3 is 2.95 bits per heavy atom. The van der Waals surface area contributed by atoms with E-state index >= 15 is 0 Å². The zero-order valence-corrected chi connectivity index (χ0v) is 10.3. The van der Waals surface area contributed by atoms with Gasteiger partial charge in [-0.25, -0.2) is 4.98 Å². The van der Waals surface area contributed by atoms with Crippen molar-refractivity contribution in [3.8, 4) is 11.9 Å². The lowest BCUT2D eigenvalue weighted by molar-refractivity contribution is 0.102. The van der Waals surface area contributed by atoms with Gasteiger partial charge in [-0.05, 0) is 30.3 Å². The second kappa shape index (κ2) is 5.65. The van der Waals surface area contributed by atoms with Gasteiger partial charge in [0.25, 0.3) is 5.91 Å². The molecule has 0 fully saturated rings. The lowest BCUT2D eigenvalue weighted by atomic mass is 10.1. The number of methoxy groups -OCH3 is 1. The highest BCUT2D eigenvalue weighted by atomic mass is 16.5. The summed E-state index contributed by atoms with van der Waals surface area (Å²) in [5, 5.41) is 11.5. The van der Waals surface area contributed by atoms with Crippen molar-refractivity contribution < 1.29 is 9.53 Å². The van der Waals surface area contributed by atoms with Crippen LogP contribution in [0.3, 0.4) is 0 Å². The molecule has 1 heterocycles. The average molecular weight is 253 g/mol. The molecule has 0 aliphatic rings. The highest BCUT2D eigenvalue weighted by molar-refractivity contribution is 6.05. The highest BCUT2D eigenvalue weighted by Gasteiger charge is 2.10. The Balaban J connectivity index is 2.23. The molecule has 0 saturated heterocycles. The van der Waals surface area contributed by atoms with Crippen LogP contribution in [0, 0.1) is 11.3 Å². The van der Waals surface area contributed by atoms with Crippen LogP contribution in [-0.4, -0.2) is 18.0 Å². The van der Waals surface area contributed by atoms with Crippen molar-refractivity contribution in [2.45, 2.75) is 0 Å². The molecule has 1 aromatic carbocycles. The van der Waals surface area contributed by atoms with E-state index in [1.165, 1.54) is 13.2 Å². The monoisotopic (exact) mass is 253 g/mol. The lowest BCUT2D eigenvalue weighted by Gasteiger charge is -2.08. The first-order valence-electron chi connectivity index (χ1n) is 5.55. The van der Waals surface area contributed by atoms with Gasteiger partial charge < -0.3 is 10.1 Å². The van der Waals surface area contributed by atoms with Crippen LogP contribution in [0.15, 0.2) is 42.6 Å². The minimum absolute atomic E-state index is 0.316. The van der Waals surface area contributed by atoms with Crippen LogP contribution in [-0.2, 0) is 0 Å². The third-order valence-electron chi connectivity index (χ3n) is 2.47. The number of amides is 1. The number of hydrogen-bond acceptors (Lipinski definition) is 4. The van der Waals surface area contributed by atoms with Crippen molar-refractivity contribution in [3.63, 3.8) is 0 Å². The Hall–Kier alpha value is -2.87. The van der Waals surface area contributed by atoms with Crippen molar-refractivity contribution in [1.29, 1.82) is 5.26 Å². The topological polar surface area (TPSA) is 75.0 Å². The van der Waals surface area contributed by atoms with Crippen LogP contribution in [0.4, 0.5) is 5.69 Å². The summed E-state index contributed by atoms with van der Waals surface area (Å²) in [6.45, 7) is 0. The maximum absolute atomic E-state index is 12.0. The van der Waals surface area contributed by atoms with Crippen LogP contribution in [0.2, 0.25) is 0 Å². The van der Waals surface area contributed by atoms with E-state index in [0.29, 0.717) is 22.7 Å². The molecule has 0 radical (unpaired) electrons. The van der Waals surface area contributed by atoms with E-state index in [1.54, 1.807) is 36.5 Å². The zero-order chi connectivity index (χ0) is 13.7. The van der Waals surface area contributed by atoms with Gasteiger partial charge in [-0.1, -0.05) is 6.07 Å². The Labute approximate surface area is 110 Å². The zero-order valence-electron chi connectivity index (χ0n) is 10.3. The van der Waals surface area contributed by atoms with Gasteiger partial charge in [0.15, 0.2) is 0 Å². The van der Waals surface area contributed by atoms with Gasteiger partial charge in [-0.3, -0.25) is 4.79 Å². The standard InChI is InChI=1S/C14H11N3O2/c1-19-14-12(6-3-7-16-14)17-13(18)11-5-2-4-10(8-11)9-15/h2-8H,1H3,(H,17,18). The molecule has 1 amide bonds. The quantitative estimate of drug-likeness (QED) is 0.910.